The summed E-state index contributed by atoms with van der Waals surface area (Å²) in [5, 5.41) is 12.7. The van der Waals surface area contributed by atoms with Crippen LogP contribution in [0.5, 0.6) is 0 Å². The van der Waals surface area contributed by atoms with Gasteiger partial charge in [0.15, 0.2) is 11.6 Å². The van der Waals surface area contributed by atoms with Gasteiger partial charge < -0.3 is 5.32 Å². The zero-order valence-corrected chi connectivity index (χ0v) is 28.4. The molecule has 1 amide bonds. The van der Waals surface area contributed by atoms with Crippen LogP contribution in [0.15, 0.2) is 34.9 Å². The van der Waals surface area contributed by atoms with Crippen molar-refractivity contribution in [2.24, 2.45) is 49.7 Å². The normalized spacial score (nSPS) is 43.1. The van der Waals surface area contributed by atoms with Gasteiger partial charge >= 0.3 is 0 Å². The van der Waals surface area contributed by atoms with Gasteiger partial charge in [0.05, 0.1) is 5.57 Å². The van der Waals surface area contributed by atoms with Gasteiger partial charge in [0.2, 0.25) is 5.91 Å². The average molecular weight is 587 g/mol. The molecule has 234 valence electrons. The number of hydrogen-bond acceptors (Lipinski definition) is 4. The Bertz CT molecular complexity index is 1410. The average Bonchev–Trinajstić information content (AvgIpc) is 2.90. The second-order valence-electron chi connectivity index (χ2n) is 17.4. The van der Waals surface area contributed by atoms with Gasteiger partial charge in [-0.3, -0.25) is 14.4 Å². The van der Waals surface area contributed by atoms with Gasteiger partial charge in [-0.2, -0.15) is 5.26 Å². The Morgan fingerprint density at radius 2 is 1.65 bits per heavy atom. The van der Waals surface area contributed by atoms with Crippen LogP contribution in [0.3, 0.4) is 0 Å². The number of carbonyl (C=O) groups excluding carboxylic acids is 3. The maximum Gasteiger partial charge on any atom is 0.223 e. The molecule has 3 fully saturated rings. The quantitative estimate of drug-likeness (QED) is 0.338. The Labute approximate surface area is 260 Å². The highest BCUT2D eigenvalue weighted by atomic mass is 16.1. The fourth-order valence-corrected chi connectivity index (χ4v) is 11.8. The number of hydrogen-bond donors (Lipinski definition) is 1. The largest absolute Gasteiger partial charge is 0.359 e. The highest BCUT2D eigenvalue weighted by Crippen LogP contribution is 2.78. The Hall–Kier alpha value is -2.48. The van der Waals surface area contributed by atoms with Gasteiger partial charge in [-0.05, 0) is 97.4 Å². The van der Waals surface area contributed by atoms with E-state index in [0.717, 1.165) is 62.5 Å². The zero-order chi connectivity index (χ0) is 32.0. The van der Waals surface area contributed by atoms with E-state index in [9.17, 15) is 19.6 Å². The van der Waals surface area contributed by atoms with Crippen LogP contribution in [0.25, 0.3) is 0 Å². The molecule has 5 heteroatoms. The van der Waals surface area contributed by atoms with E-state index >= 15 is 0 Å². The van der Waals surface area contributed by atoms with Crippen LogP contribution < -0.4 is 5.32 Å². The minimum absolute atomic E-state index is 0.00223. The molecule has 3 saturated carbocycles. The summed E-state index contributed by atoms with van der Waals surface area (Å²) in [6, 6.07) is 2.22. The molecule has 0 heterocycles. The van der Waals surface area contributed by atoms with E-state index < -0.39 is 10.8 Å². The van der Waals surface area contributed by atoms with Crippen LogP contribution in [0.2, 0.25) is 0 Å². The molecule has 0 radical (unpaired) electrons. The number of allylic oxidation sites excluding steroid dienone is 5. The van der Waals surface area contributed by atoms with Gasteiger partial charge in [0.25, 0.3) is 0 Å². The molecular formula is C38H54N2O3. The Kier molecular flexibility index (Phi) is 7.25. The first-order chi connectivity index (χ1) is 19.8. The molecule has 0 spiro atoms. The van der Waals surface area contributed by atoms with Crippen LogP contribution in [0.1, 0.15) is 120 Å². The number of carbonyl (C=O) groups is 3. The van der Waals surface area contributed by atoms with Crippen LogP contribution in [0, 0.1) is 61.1 Å². The summed E-state index contributed by atoms with van der Waals surface area (Å²) in [5.74, 6) is 0.166. The van der Waals surface area contributed by atoms with E-state index in [1.165, 1.54) is 0 Å². The Morgan fingerprint density at radius 1 is 1.00 bits per heavy atom. The minimum Gasteiger partial charge on any atom is -0.359 e. The lowest BCUT2D eigenvalue weighted by molar-refractivity contribution is -0.205. The first-order valence-corrected chi connectivity index (χ1v) is 16.6. The summed E-state index contributed by atoms with van der Waals surface area (Å²) in [6.45, 7) is 20.2. The zero-order valence-electron chi connectivity index (χ0n) is 28.4. The van der Waals surface area contributed by atoms with E-state index in [4.69, 9.17) is 0 Å². The Morgan fingerprint density at radius 3 is 2.28 bits per heavy atom. The van der Waals surface area contributed by atoms with E-state index in [-0.39, 0.29) is 62.0 Å². The summed E-state index contributed by atoms with van der Waals surface area (Å²) in [4.78, 5) is 40.3. The molecule has 5 aliphatic carbocycles. The number of fused-ring (bicyclic) bond motifs is 7. The maximum atomic E-state index is 14.9. The molecule has 43 heavy (non-hydrogen) atoms. The van der Waals surface area contributed by atoms with Crippen molar-refractivity contribution in [3.8, 4) is 6.07 Å². The maximum absolute atomic E-state index is 14.9. The van der Waals surface area contributed by atoms with E-state index in [0.29, 0.717) is 6.42 Å². The third-order valence-electron chi connectivity index (χ3n) is 14.2. The topological polar surface area (TPSA) is 87.0 Å². The van der Waals surface area contributed by atoms with Crippen molar-refractivity contribution in [1.82, 2.24) is 5.32 Å². The summed E-state index contributed by atoms with van der Waals surface area (Å²) < 4.78 is 0. The lowest BCUT2D eigenvalue weighted by Crippen LogP contribution is -2.68. The molecule has 5 aliphatic rings. The molecule has 0 saturated heterocycles. The highest BCUT2D eigenvalue weighted by molar-refractivity contribution is 6.04. The molecule has 1 N–H and O–H groups in total. The van der Waals surface area contributed by atoms with E-state index in [2.05, 4.69) is 65.9 Å². The second kappa shape index (κ2) is 9.76. The third-order valence-corrected chi connectivity index (χ3v) is 14.2. The van der Waals surface area contributed by atoms with Gasteiger partial charge in [0.1, 0.15) is 6.07 Å². The van der Waals surface area contributed by atoms with E-state index in [1.807, 2.05) is 26.0 Å². The first kappa shape index (κ1) is 31.9. The number of Topliss-reactive ketones (excluding diaryl/α,β-unsaturated/α-hetero) is 1. The smallest absolute Gasteiger partial charge is 0.223 e. The fourth-order valence-electron chi connectivity index (χ4n) is 11.8. The summed E-state index contributed by atoms with van der Waals surface area (Å²) in [5.41, 5.74) is 0.828. The van der Waals surface area contributed by atoms with Crippen molar-refractivity contribution in [1.29, 1.82) is 5.26 Å². The number of ketones is 2. The summed E-state index contributed by atoms with van der Waals surface area (Å²) in [6.07, 6.45) is 14.7. The molecule has 7 atom stereocenters. The van der Waals surface area contributed by atoms with Crippen molar-refractivity contribution in [3.63, 3.8) is 0 Å². The highest BCUT2D eigenvalue weighted by Gasteiger charge is 2.72. The molecule has 0 aromatic heterocycles. The second-order valence-corrected chi connectivity index (χ2v) is 17.4. The minimum atomic E-state index is -0.655. The number of rotatable bonds is 4. The fraction of sp³-hybridized carbons (Fsp3) is 0.737. The van der Waals surface area contributed by atoms with Crippen molar-refractivity contribution in [2.45, 2.75) is 120 Å². The molecule has 5 rings (SSSR count). The lowest BCUT2D eigenvalue weighted by atomic mass is 9.31. The van der Waals surface area contributed by atoms with Gasteiger partial charge in [0, 0.05) is 30.2 Å². The van der Waals surface area contributed by atoms with Crippen molar-refractivity contribution < 1.29 is 14.4 Å². The molecule has 0 aliphatic heterocycles. The van der Waals surface area contributed by atoms with E-state index in [1.54, 1.807) is 7.05 Å². The Balaban J connectivity index is 1.66. The first-order valence-electron chi connectivity index (χ1n) is 16.6. The molecular weight excluding hydrogens is 532 g/mol. The summed E-state index contributed by atoms with van der Waals surface area (Å²) >= 11 is 0. The van der Waals surface area contributed by atoms with Crippen LogP contribution in [-0.4, -0.2) is 24.5 Å². The SMILES string of the molecule is CNC(=O)C/C(C)=C/C[C@]12CCC(C)(C)C[C@@]1(C)[C@H]1C(=O)C=C3[C@@]4(C)C=C(C#N)C(=O)C(C)(C)C4CC[C@@]3(C)[C@]1(C)CC2. The number of nitrogens with zero attached hydrogens (tertiary/aromatic N) is 1. The van der Waals surface area contributed by atoms with Crippen LogP contribution >= 0.6 is 0 Å². The van der Waals surface area contributed by atoms with Gasteiger partial charge in [-0.1, -0.05) is 78.7 Å². The predicted molar refractivity (Wildman–Crippen MR) is 171 cm³/mol. The number of nitriles is 1. The molecule has 0 bridgehead atoms. The third kappa shape index (κ3) is 4.24. The van der Waals surface area contributed by atoms with Crippen molar-refractivity contribution in [2.75, 3.05) is 7.05 Å². The lowest BCUT2D eigenvalue weighted by Gasteiger charge is -2.72. The molecule has 1 unspecified atom stereocenters. The van der Waals surface area contributed by atoms with Crippen molar-refractivity contribution >= 4 is 17.5 Å². The monoisotopic (exact) mass is 586 g/mol. The standard InChI is InChI=1S/C38H54N2O3/c1-24(19-29(42)40-10)11-14-38-17-15-32(2,3)23-37(38,9)30-26(41)20-28-34(6)21-25(22-39)31(43)33(4,5)27(34)12-13-35(28,7)36(30,8)16-18-38/h11,20-21,27,30H,12-19,23H2,1-10H3,(H,40,42)/b24-11+/t27?,30-,34-,35+,36+,37-,38+/m0/s1. The van der Waals surface area contributed by atoms with Crippen LogP contribution in [0.4, 0.5) is 0 Å². The number of nitrogens with one attached hydrogen (secondary N) is 1. The van der Waals surface area contributed by atoms with Gasteiger partial charge in [-0.25, -0.2) is 0 Å². The van der Waals surface area contributed by atoms with Crippen molar-refractivity contribution in [3.05, 3.63) is 34.9 Å². The van der Waals surface area contributed by atoms with Gasteiger partial charge in [-0.15, -0.1) is 0 Å². The predicted octanol–water partition coefficient (Wildman–Crippen LogP) is 8.07. The molecule has 0 aromatic rings. The molecule has 0 aromatic carbocycles. The number of amides is 1. The van der Waals surface area contributed by atoms with Crippen LogP contribution in [-0.2, 0) is 14.4 Å². The summed E-state index contributed by atoms with van der Waals surface area (Å²) in [7, 11) is 1.69. The molecule has 5 nitrogen and oxygen atoms in total.